The van der Waals surface area contributed by atoms with Crippen LogP contribution in [0.4, 0.5) is 5.95 Å². The number of hydrogen-bond donors (Lipinski definition) is 1. The maximum absolute atomic E-state index is 6.03. The molecule has 0 bridgehead atoms. The molecule has 1 heterocycles. The third-order valence-electron chi connectivity index (χ3n) is 3.00. The number of ether oxygens (including phenoxy) is 1. The number of benzene rings is 1. The Kier molecular flexibility index (Phi) is 3.43. The van der Waals surface area contributed by atoms with Gasteiger partial charge in [0.2, 0.25) is 5.95 Å². The minimum absolute atomic E-state index is 0.261. The lowest BCUT2D eigenvalue weighted by Crippen LogP contribution is -2.23. The van der Waals surface area contributed by atoms with Crippen molar-refractivity contribution >= 4 is 17.0 Å². The number of hydrogen-bond acceptors (Lipinski definition) is 4. The number of likely N-dealkylation sites (N-methyl/N-ethyl adjacent to an activating group) is 1. The van der Waals surface area contributed by atoms with E-state index in [1.54, 1.807) is 7.11 Å². The van der Waals surface area contributed by atoms with Crippen molar-refractivity contribution in [1.29, 1.82) is 0 Å². The van der Waals surface area contributed by atoms with Crippen molar-refractivity contribution in [2.24, 2.45) is 0 Å². The Morgan fingerprint density at radius 2 is 2.17 bits per heavy atom. The highest BCUT2D eigenvalue weighted by atomic mass is 16.5. The molecule has 18 heavy (non-hydrogen) atoms. The van der Waals surface area contributed by atoms with Gasteiger partial charge in [-0.1, -0.05) is 6.07 Å². The van der Waals surface area contributed by atoms with Gasteiger partial charge in [0.25, 0.3) is 0 Å². The third-order valence-corrected chi connectivity index (χ3v) is 3.00. The number of rotatable bonds is 4. The molecule has 1 atom stereocenters. The van der Waals surface area contributed by atoms with Crippen LogP contribution in [0.2, 0.25) is 0 Å². The number of methoxy groups -OCH3 is 1. The second kappa shape index (κ2) is 4.86. The monoisotopic (exact) mass is 248 g/mol. The molecular weight excluding hydrogens is 228 g/mol. The quantitative estimate of drug-likeness (QED) is 0.895. The standard InChI is InChI=1S/C13H20N4O/c1-9(8-16(2)3)17-10-6-5-7-11(18-4)12(10)15-13(17)14/h5-7,9H,8H2,1-4H3,(H2,14,15). The molecule has 1 aromatic carbocycles. The normalized spacial score (nSPS) is 13.2. The highest BCUT2D eigenvalue weighted by Gasteiger charge is 2.16. The second-order valence-electron chi connectivity index (χ2n) is 4.78. The molecule has 98 valence electrons. The van der Waals surface area contributed by atoms with E-state index < -0.39 is 0 Å². The summed E-state index contributed by atoms with van der Waals surface area (Å²) in [4.78, 5) is 6.54. The Morgan fingerprint density at radius 1 is 1.44 bits per heavy atom. The lowest BCUT2D eigenvalue weighted by atomic mass is 10.2. The molecule has 0 aliphatic heterocycles. The van der Waals surface area contributed by atoms with Crippen LogP contribution in [-0.2, 0) is 0 Å². The molecule has 0 aliphatic rings. The summed E-state index contributed by atoms with van der Waals surface area (Å²) < 4.78 is 7.37. The van der Waals surface area contributed by atoms with Crippen molar-refractivity contribution in [2.45, 2.75) is 13.0 Å². The van der Waals surface area contributed by atoms with Crippen molar-refractivity contribution in [2.75, 3.05) is 33.5 Å². The van der Waals surface area contributed by atoms with E-state index in [0.29, 0.717) is 5.95 Å². The van der Waals surface area contributed by atoms with Gasteiger partial charge in [0.15, 0.2) is 0 Å². The summed E-state index contributed by atoms with van der Waals surface area (Å²) in [5.74, 6) is 1.29. The van der Waals surface area contributed by atoms with Crippen molar-refractivity contribution in [3.8, 4) is 5.75 Å². The molecule has 0 fully saturated rings. The van der Waals surface area contributed by atoms with Crippen LogP contribution in [0, 0.1) is 0 Å². The van der Waals surface area contributed by atoms with Crippen molar-refractivity contribution < 1.29 is 4.74 Å². The molecule has 1 aromatic heterocycles. The van der Waals surface area contributed by atoms with Crippen LogP contribution in [0.3, 0.4) is 0 Å². The summed E-state index contributed by atoms with van der Waals surface area (Å²) in [5, 5.41) is 0. The Balaban J connectivity index is 2.54. The van der Waals surface area contributed by atoms with Crippen LogP contribution < -0.4 is 10.5 Å². The van der Waals surface area contributed by atoms with Crippen molar-refractivity contribution in [3.05, 3.63) is 18.2 Å². The first-order valence-electron chi connectivity index (χ1n) is 5.99. The molecule has 0 saturated heterocycles. The van der Waals surface area contributed by atoms with Gasteiger partial charge in [-0.05, 0) is 33.2 Å². The lowest BCUT2D eigenvalue weighted by molar-refractivity contribution is 0.342. The van der Waals surface area contributed by atoms with E-state index in [-0.39, 0.29) is 6.04 Å². The van der Waals surface area contributed by atoms with E-state index in [2.05, 4.69) is 21.4 Å². The van der Waals surface area contributed by atoms with Crippen molar-refractivity contribution in [3.63, 3.8) is 0 Å². The van der Waals surface area contributed by atoms with Gasteiger partial charge in [-0.25, -0.2) is 4.98 Å². The fourth-order valence-corrected chi connectivity index (χ4v) is 2.35. The molecule has 0 saturated carbocycles. The van der Waals surface area contributed by atoms with Crippen LogP contribution >= 0.6 is 0 Å². The number of nitrogens with zero attached hydrogens (tertiary/aromatic N) is 3. The number of imidazole rings is 1. The fourth-order valence-electron chi connectivity index (χ4n) is 2.35. The van der Waals surface area contributed by atoms with Gasteiger partial charge in [-0.2, -0.15) is 0 Å². The Morgan fingerprint density at radius 3 is 2.78 bits per heavy atom. The second-order valence-corrected chi connectivity index (χ2v) is 4.78. The number of para-hydroxylation sites is 1. The smallest absolute Gasteiger partial charge is 0.201 e. The van der Waals surface area contributed by atoms with Crippen LogP contribution in [0.1, 0.15) is 13.0 Å². The molecule has 2 rings (SSSR count). The van der Waals surface area contributed by atoms with E-state index in [4.69, 9.17) is 10.5 Å². The van der Waals surface area contributed by atoms with Gasteiger partial charge in [0, 0.05) is 12.6 Å². The highest BCUT2D eigenvalue weighted by molar-refractivity contribution is 5.84. The Hall–Kier alpha value is -1.75. The van der Waals surface area contributed by atoms with Gasteiger partial charge in [-0.15, -0.1) is 0 Å². The minimum atomic E-state index is 0.261. The zero-order chi connectivity index (χ0) is 13.3. The van der Waals surface area contributed by atoms with Gasteiger partial charge < -0.3 is 19.9 Å². The van der Waals surface area contributed by atoms with Crippen LogP contribution in [0.5, 0.6) is 5.75 Å². The molecular formula is C13H20N4O. The van der Waals surface area contributed by atoms with Gasteiger partial charge in [0.05, 0.1) is 12.6 Å². The van der Waals surface area contributed by atoms with E-state index in [0.717, 1.165) is 23.3 Å². The average Bonchev–Trinajstić information content (AvgIpc) is 2.63. The zero-order valence-electron chi connectivity index (χ0n) is 11.3. The van der Waals surface area contributed by atoms with E-state index in [1.807, 2.05) is 32.3 Å². The zero-order valence-corrected chi connectivity index (χ0v) is 11.3. The highest BCUT2D eigenvalue weighted by Crippen LogP contribution is 2.29. The van der Waals surface area contributed by atoms with E-state index >= 15 is 0 Å². The number of fused-ring (bicyclic) bond motifs is 1. The molecule has 0 aliphatic carbocycles. The summed E-state index contributed by atoms with van der Waals surface area (Å²) in [6.45, 7) is 3.05. The van der Waals surface area contributed by atoms with Crippen LogP contribution in [0.15, 0.2) is 18.2 Å². The van der Waals surface area contributed by atoms with Gasteiger partial charge in [-0.3, -0.25) is 0 Å². The first-order chi connectivity index (χ1) is 8.54. The third kappa shape index (κ3) is 2.13. The summed E-state index contributed by atoms with van der Waals surface area (Å²) in [6.07, 6.45) is 0. The molecule has 0 spiro atoms. The van der Waals surface area contributed by atoms with E-state index in [9.17, 15) is 0 Å². The predicted molar refractivity (Wildman–Crippen MR) is 74.0 cm³/mol. The maximum atomic E-state index is 6.03. The molecule has 2 aromatic rings. The lowest BCUT2D eigenvalue weighted by Gasteiger charge is -2.20. The van der Waals surface area contributed by atoms with E-state index in [1.165, 1.54) is 0 Å². The Bertz CT molecular complexity index is 547. The summed E-state index contributed by atoms with van der Waals surface area (Å²) in [6, 6.07) is 6.14. The largest absolute Gasteiger partial charge is 0.494 e. The topological polar surface area (TPSA) is 56.3 Å². The van der Waals surface area contributed by atoms with Gasteiger partial charge in [0.1, 0.15) is 11.3 Å². The molecule has 0 radical (unpaired) electrons. The first-order valence-corrected chi connectivity index (χ1v) is 5.99. The Labute approximate surface area is 107 Å². The molecule has 1 unspecified atom stereocenters. The fraction of sp³-hybridized carbons (Fsp3) is 0.462. The molecule has 0 amide bonds. The SMILES string of the molecule is COc1cccc2c1nc(N)n2C(C)CN(C)C. The number of nitrogens with two attached hydrogens (primary N) is 1. The average molecular weight is 248 g/mol. The number of nitrogen functional groups attached to an aromatic ring is 1. The van der Waals surface area contributed by atoms with Gasteiger partial charge >= 0.3 is 0 Å². The molecule has 2 N–H and O–H groups in total. The molecule has 5 nitrogen and oxygen atoms in total. The number of anilines is 1. The summed E-state index contributed by atoms with van der Waals surface area (Å²) >= 11 is 0. The van der Waals surface area contributed by atoms with Crippen LogP contribution in [-0.4, -0.2) is 42.2 Å². The molecule has 5 heteroatoms. The summed E-state index contributed by atoms with van der Waals surface area (Å²) in [5.41, 5.74) is 7.87. The minimum Gasteiger partial charge on any atom is -0.494 e. The summed E-state index contributed by atoms with van der Waals surface area (Å²) in [7, 11) is 5.74. The maximum Gasteiger partial charge on any atom is 0.201 e. The first kappa shape index (κ1) is 12.7. The van der Waals surface area contributed by atoms with Crippen molar-refractivity contribution in [1.82, 2.24) is 14.5 Å². The number of aromatic nitrogens is 2. The predicted octanol–water partition coefficient (Wildman–Crippen LogP) is 1.75. The van der Waals surface area contributed by atoms with Crippen LogP contribution in [0.25, 0.3) is 11.0 Å².